The lowest BCUT2D eigenvalue weighted by molar-refractivity contribution is -0.122. The first-order chi connectivity index (χ1) is 21.7. The molecule has 1 fully saturated rings. The van der Waals surface area contributed by atoms with Crippen molar-refractivity contribution >= 4 is 74.1 Å². The minimum Gasteiger partial charge on any atom is -0.497 e. The summed E-state index contributed by atoms with van der Waals surface area (Å²) in [5.41, 5.74) is 2.01. The Hall–Kier alpha value is -4.20. The Morgan fingerprint density at radius 1 is 0.933 bits per heavy atom. The molecule has 1 saturated heterocycles. The Morgan fingerprint density at radius 3 is 2.27 bits per heavy atom. The molecule has 3 amide bonds. The van der Waals surface area contributed by atoms with Gasteiger partial charge in [-0.15, -0.1) is 0 Å². The highest BCUT2D eigenvalue weighted by Gasteiger charge is 2.56. The molecule has 13 heteroatoms. The van der Waals surface area contributed by atoms with Crippen LogP contribution in [-0.4, -0.2) is 47.2 Å². The van der Waals surface area contributed by atoms with E-state index in [9.17, 15) is 24.0 Å². The van der Waals surface area contributed by atoms with E-state index in [1.165, 1.54) is 9.47 Å². The van der Waals surface area contributed by atoms with Crippen LogP contribution in [-0.2, 0) is 25.7 Å². The molecule has 10 nitrogen and oxygen atoms in total. The molecule has 3 heterocycles. The van der Waals surface area contributed by atoms with Crippen LogP contribution >= 0.6 is 39.0 Å². The lowest BCUT2D eigenvalue weighted by Crippen LogP contribution is -2.33. The van der Waals surface area contributed by atoms with Gasteiger partial charge in [0.2, 0.25) is 17.7 Å². The molecule has 0 bridgehead atoms. The monoisotopic (exact) mass is 707 g/mol. The van der Waals surface area contributed by atoms with Gasteiger partial charge < -0.3 is 14.8 Å². The molecule has 2 aliphatic rings. The van der Waals surface area contributed by atoms with E-state index in [2.05, 4.69) is 21.2 Å². The summed E-state index contributed by atoms with van der Waals surface area (Å²) >= 11 is 5.52. The van der Waals surface area contributed by atoms with Crippen LogP contribution in [0.4, 0.5) is 11.4 Å². The Kier molecular flexibility index (Phi) is 8.67. The number of fused-ring (bicyclic) bond motifs is 2. The Balaban J connectivity index is 1.34. The van der Waals surface area contributed by atoms with Gasteiger partial charge in [0.15, 0.2) is 0 Å². The molecule has 45 heavy (non-hydrogen) atoms. The fourth-order valence-corrected chi connectivity index (χ4v) is 8.56. The molecule has 4 aromatic rings. The zero-order valence-electron chi connectivity index (χ0n) is 24.0. The Bertz CT molecular complexity index is 1850. The van der Waals surface area contributed by atoms with Crippen molar-refractivity contribution in [2.24, 2.45) is 5.92 Å². The highest BCUT2D eigenvalue weighted by molar-refractivity contribution is 9.10. The summed E-state index contributed by atoms with van der Waals surface area (Å²) in [5.74, 6) is -2.37. The zero-order valence-corrected chi connectivity index (χ0v) is 27.2. The van der Waals surface area contributed by atoms with Crippen molar-refractivity contribution in [3.8, 4) is 5.75 Å². The highest BCUT2D eigenvalue weighted by atomic mass is 79.9. The average Bonchev–Trinajstić information content (AvgIpc) is 3.48. The first-order valence-electron chi connectivity index (χ1n) is 13.9. The van der Waals surface area contributed by atoms with E-state index in [1.54, 1.807) is 74.7 Å². The lowest BCUT2D eigenvalue weighted by Gasteiger charge is -2.30. The molecule has 230 valence electrons. The molecule has 6 rings (SSSR count). The summed E-state index contributed by atoms with van der Waals surface area (Å²) in [5, 5.41) is 2.44. The summed E-state index contributed by atoms with van der Waals surface area (Å²) in [6.45, 7) is 1.66. The maximum absolute atomic E-state index is 14.0. The third-order valence-corrected chi connectivity index (χ3v) is 10.7. The van der Waals surface area contributed by atoms with Crippen molar-refractivity contribution in [2.75, 3.05) is 23.9 Å². The molecular weight excluding hydrogens is 682 g/mol. The number of thiazole rings is 1. The zero-order chi connectivity index (χ0) is 31.8. The van der Waals surface area contributed by atoms with Gasteiger partial charge in [-0.2, -0.15) is 0 Å². The van der Waals surface area contributed by atoms with Crippen LogP contribution in [0.1, 0.15) is 33.6 Å². The number of methoxy groups -OCH3 is 1. The van der Waals surface area contributed by atoms with Crippen LogP contribution in [0.15, 0.2) is 87.1 Å². The first kappa shape index (κ1) is 30.8. The fraction of sp³-hybridized carbons (Fsp3) is 0.219. The van der Waals surface area contributed by atoms with Crippen LogP contribution in [0, 0.1) is 5.92 Å². The minimum absolute atomic E-state index is 0.248. The molecule has 3 atom stereocenters. The predicted molar refractivity (Wildman–Crippen MR) is 174 cm³/mol. The van der Waals surface area contributed by atoms with Gasteiger partial charge in [0.1, 0.15) is 17.5 Å². The molecule has 1 aromatic heterocycles. The van der Waals surface area contributed by atoms with Crippen molar-refractivity contribution in [3.63, 3.8) is 0 Å². The summed E-state index contributed by atoms with van der Waals surface area (Å²) in [4.78, 5) is 67.9. The van der Waals surface area contributed by atoms with E-state index in [1.807, 2.05) is 12.1 Å². The number of ether oxygens (including phenoxy) is 2. The molecule has 0 radical (unpaired) electrons. The number of hydrogen-bond acceptors (Lipinski definition) is 9. The van der Waals surface area contributed by atoms with Gasteiger partial charge in [-0.3, -0.25) is 23.7 Å². The minimum atomic E-state index is -0.806. The van der Waals surface area contributed by atoms with E-state index in [-0.39, 0.29) is 29.8 Å². The van der Waals surface area contributed by atoms with Crippen LogP contribution in [0.5, 0.6) is 5.75 Å². The third-order valence-electron chi connectivity index (χ3n) is 7.59. The quantitative estimate of drug-likeness (QED) is 0.194. The SMILES string of the molecule is CCOC(=O)c1ccc(NC(=O)Cn2c3c(sc2=O)[C@@H](c2ccc(OC)cc2)[C@H]2C(=O)N(c4ccc(Br)cc4)C(=O)[C@H]2S3)cc1. The standard InChI is InChI=1S/C32H26BrN3O7S2/c1-3-43-31(40)18-4-10-20(11-5-18)34-23(37)16-35-30-27(45-32(35)41)24(17-6-14-22(42-2)15-7-17)25-26(44-30)29(39)36(28(25)38)21-12-8-19(33)9-13-21/h4-15,24-26H,3,16H2,1-2H3,(H,34,37)/t24-,25+,26-/m0/s1. The van der Waals surface area contributed by atoms with E-state index < -0.39 is 29.0 Å². The number of hydrogen-bond donors (Lipinski definition) is 1. The van der Waals surface area contributed by atoms with Crippen molar-refractivity contribution in [1.29, 1.82) is 0 Å². The number of thioether (sulfide) groups is 1. The van der Waals surface area contributed by atoms with E-state index in [4.69, 9.17) is 9.47 Å². The molecule has 2 aliphatic heterocycles. The van der Waals surface area contributed by atoms with Gasteiger partial charge in [-0.25, -0.2) is 9.69 Å². The van der Waals surface area contributed by atoms with E-state index in [0.717, 1.165) is 33.1 Å². The first-order valence-corrected chi connectivity index (χ1v) is 16.4. The van der Waals surface area contributed by atoms with Crippen LogP contribution in [0.3, 0.4) is 0 Å². The second kappa shape index (κ2) is 12.7. The van der Waals surface area contributed by atoms with Crippen LogP contribution < -0.4 is 19.8 Å². The summed E-state index contributed by atoms with van der Waals surface area (Å²) in [7, 11) is 1.56. The number of nitrogens with one attached hydrogen (secondary N) is 1. The number of amides is 3. The van der Waals surface area contributed by atoms with Gasteiger partial charge >= 0.3 is 10.8 Å². The highest BCUT2D eigenvalue weighted by Crippen LogP contribution is 2.54. The fourth-order valence-electron chi connectivity index (χ4n) is 5.52. The smallest absolute Gasteiger partial charge is 0.338 e. The third kappa shape index (κ3) is 5.83. The second-order valence-electron chi connectivity index (χ2n) is 10.3. The number of aromatic nitrogens is 1. The molecule has 0 aliphatic carbocycles. The number of imide groups is 1. The molecule has 0 unspecified atom stereocenters. The molecule has 0 spiro atoms. The van der Waals surface area contributed by atoms with Crippen molar-refractivity contribution in [3.05, 3.63) is 103 Å². The number of carbonyl (C=O) groups excluding carboxylic acids is 4. The predicted octanol–water partition coefficient (Wildman–Crippen LogP) is 5.29. The van der Waals surface area contributed by atoms with Crippen molar-refractivity contribution in [1.82, 2.24) is 4.57 Å². The molecular formula is C32H26BrN3O7S2. The van der Waals surface area contributed by atoms with Gasteiger partial charge in [-0.05, 0) is 73.2 Å². The van der Waals surface area contributed by atoms with E-state index in [0.29, 0.717) is 32.6 Å². The maximum Gasteiger partial charge on any atom is 0.338 e. The maximum atomic E-state index is 14.0. The summed E-state index contributed by atoms with van der Waals surface area (Å²) in [6.07, 6.45) is 0. The van der Waals surface area contributed by atoms with Crippen LogP contribution in [0.2, 0.25) is 0 Å². The summed E-state index contributed by atoms with van der Waals surface area (Å²) in [6, 6.07) is 20.4. The molecule has 1 N–H and O–H groups in total. The number of benzene rings is 3. The van der Waals surface area contributed by atoms with Crippen molar-refractivity contribution in [2.45, 2.75) is 29.7 Å². The number of anilines is 2. The van der Waals surface area contributed by atoms with Gasteiger partial charge in [0.25, 0.3) is 0 Å². The van der Waals surface area contributed by atoms with Gasteiger partial charge in [-0.1, -0.05) is 51.2 Å². The number of esters is 1. The Labute approximate surface area is 274 Å². The van der Waals surface area contributed by atoms with Crippen LogP contribution in [0.25, 0.3) is 0 Å². The number of carbonyl (C=O) groups is 4. The van der Waals surface area contributed by atoms with Crippen molar-refractivity contribution < 1.29 is 28.7 Å². The number of rotatable bonds is 8. The van der Waals surface area contributed by atoms with E-state index >= 15 is 0 Å². The largest absolute Gasteiger partial charge is 0.497 e. The molecule has 0 saturated carbocycles. The number of nitrogens with zero attached hydrogens (tertiary/aromatic N) is 2. The lowest BCUT2D eigenvalue weighted by atomic mass is 9.83. The Morgan fingerprint density at radius 2 is 1.62 bits per heavy atom. The average molecular weight is 709 g/mol. The topological polar surface area (TPSA) is 124 Å². The van der Waals surface area contributed by atoms with Gasteiger partial charge in [0, 0.05) is 21.0 Å². The molecule has 3 aromatic carbocycles. The van der Waals surface area contributed by atoms with Gasteiger partial charge in [0.05, 0.1) is 35.9 Å². The number of halogens is 1. The normalized spacial score (nSPS) is 18.7. The second-order valence-corrected chi connectivity index (χ2v) is 13.3. The summed E-state index contributed by atoms with van der Waals surface area (Å²) < 4.78 is 12.5.